The molecule has 1 fully saturated rings. The first kappa shape index (κ1) is 18.8. The molecule has 2 aromatic rings. The van der Waals surface area contributed by atoms with Gasteiger partial charge in [-0.15, -0.1) is 11.3 Å². The summed E-state index contributed by atoms with van der Waals surface area (Å²) < 4.78 is 5.45. The third-order valence-corrected chi connectivity index (χ3v) is 5.29. The number of nitrogens with one attached hydrogen (secondary N) is 1. The Kier molecular flexibility index (Phi) is 5.62. The minimum Gasteiger partial charge on any atom is -0.389 e. The van der Waals surface area contributed by atoms with Crippen LogP contribution in [-0.2, 0) is 21.7 Å². The quantitative estimate of drug-likeness (QED) is 0.708. The highest BCUT2D eigenvalue weighted by atomic mass is 35.5. The van der Waals surface area contributed by atoms with Crippen LogP contribution in [-0.4, -0.2) is 41.2 Å². The van der Waals surface area contributed by atoms with Crippen LogP contribution in [0.25, 0.3) is 0 Å². The number of halogens is 1. The number of hydrogen-bond donors (Lipinski definition) is 2. The lowest BCUT2D eigenvalue weighted by Crippen LogP contribution is -2.42. The van der Waals surface area contributed by atoms with E-state index in [1.54, 1.807) is 42.5 Å². The molecule has 0 bridgehead atoms. The van der Waals surface area contributed by atoms with Gasteiger partial charge in [0.1, 0.15) is 5.54 Å². The molecule has 3 rings (SSSR count). The smallest absolute Gasteiger partial charge is 0.325 e. The lowest BCUT2D eigenvalue weighted by Gasteiger charge is -2.23. The highest BCUT2D eigenvalue weighted by Gasteiger charge is 2.49. The summed E-state index contributed by atoms with van der Waals surface area (Å²) in [6.45, 7) is 1.90. The summed E-state index contributed by atoms with van der Waals surface area (Å²) in [6.07, 6.45) is -0.966. The van der Waals surface area contributed by atoms with Crippen molar-refractivity contribution in [3.63, 3.8) is 0 Å². The fraction of sp³-hybridized carbons (Fsp3) is 0.333. The second-order valence-corrected chi connectivity index (χ2v) is 7.70. The molecular weight excluding hydrogens is 376 g/mol. The summed E-state index contributed by atoms with van der Waals surface area (Å²) in [5.74, 6) is -0.429. The van der Waals surface area contributed by atoms with Crippen molar-refractivity contribution in [2.75, 3.05) is 13.2 Å². The van der Waals surface area contributed by atoms with Crippen molar-refractivity contribution >= 4 is 34.9 Å². The fourth-order valence-corrected chi connectivity index (χ4v) is 3.64. The summed E-state index contributed by atoms with van der Waals surface area (Å²) in [5, 5.41) is 15.2. The maximum atomic E-state index is 12.8. The number of imide groups is 1. The largest absolute Gasteiger partial charge is 0.389 e. The average molecular weight is 395 g/mol. The number of rotatable bonds is 7. The van der Waals surface area contributed by atoms with Gasteiger partial charge in [0, 0.05) is 9.90 Å². The van der Waals surface area contributed by atoms with Crippen LogP contribution in [0.15, 0.2) is 41.8 Å². The number of thiophene rings is 1. The Morgan fingerprint density at radius 3 is 2.85 bits per heavy atom. The SMILES string of the molecule is CC1(c2cccc(Cl)c2)NC(=O)N(CC(O)COCc2cccs2)C1=O. The molecule has 6 nitrogen and oxygen atoms in total. The third-order valence-electron chi connectivity index (χ3n) is 4.20. The summed E-state index contributed by atoms with van der Waals surface area (Å²) in [6, 6.07) is 10.1. The van der Waals surface area contributed by atoms with Gasteiger partial charge in [0.05, 0.1) is 25.9 Å². The minimum atomic E-state index is -1.21. The van der Waals surface area contributed by atoms with Gasteiger partial charge < -0.3 is 15.2 Å². The van der Waals surface area contributed by atoms with E-state index in [1.165, 1.54) is 0 Å². The first-order valence-corrected chi connectivity index (χ1v) is 9.34. The molecule has 26 heavy (non-hydrogen) atoms. The lowest BCUT2D eigenvalue weighted by atomic mass is 9.92. The maximum absolute atomic E-state index is 12.8. The predicted molar refractivity (Wildman–Crippen MR) is 99.0 cm³/mol. The number of hydrogen-bond acceptors (Lipinski definition) is 5. The number of ether oxygens (including phenoxy) is 1. The molecular formula is C18H19ClN2O4S. The van der Waals surface area contributed by atoms with Gasteiger partial charge in [0.15, 0.2) is 0 Å². The first-order valence-electron chi connectivity index (χ1n) is 8.08. The van der Waals surface area contributed by atoms with Gasteiger partial charge in [-0.1, -0.05) is 29.8 Å². The molecule has 2 atom stereocenters. The van der Waals surface area contributed by atoms with Crippen molar-refractivity contribution < 1.29 is 19.4 Å². The molecule has 0 spiro atoms. The van der Waals surface area contributed by atoms with Crippen molar-refractivity contribution in [1.29, 1.82) is 0 Å². The maximum Gasteiger partial charge on any atom is 0.325 e. The number of benzene rings is 1. The number of aliphatic hydroxyl groups excluding tert-OH is 1. The summed E-state index contributed by atoms with van der Waals surface area (Å²) in [4.78, 5) is 27.1. The van der Waals surface area contributed by atoms with E-state index >= 15 is 0 Å². The van der Waals surface area contributed by atoms with E-state index in [9.17, 15) is 14.7 Å². The molecule has 0 aliphatic carbocycles. The molecule has 3 amide bonds. The zero-order valence-electron chi connectivity index (χ0n) is 14.1. The number of aliphatic hydroxyl groups is 1. The summed E-state index contributed by atoms with van der Waals surface area (Å²) in [5.41, 5.74) is -0.617. The highest BCUT2D eigenvalue weighted by Crippen LogP contribution is 2.30. The van der Waals surface area contributed by atoms with Crippen LogP contribution in [0.1, 0.15) is 17.4 Å². The van der Waals surface area contributed by atoms with E-state index in [4.69, 9.17) is 16.3 Å². The van der Waals surface area contributed by atoms with Crippen LogP contribution in [0.4, 0.5) is 4.79 Å². The van der Waals surface area contributed by atoms with E-state index in [0.717, 1.165) is 9.78 Å². The Balaban J connectivity index is 1.61. The summed E-state index contributed by atoms with van der Waals surface area (Å²) >= 11 is 7.56. The van der Waals surface area contributed by atoms with Crippen molar-refractivity contribution in [3.8, 4) is 0 Å². The normalized spacial score (nSPS) is 21.1. The second kappa shape index (κ2) is 7.75. The van der Waals surface area contributed by atoms with Crippen LogP contribution in [0.3, 0.4) is 0 Å². The van der Waals surface area contributed by atoms with Gasteiger partial charge in [-0.3, -0.25) is 9.69 Å². The van der Waals surface area contributed by atoms with Crippen LogP contribution in [0.5, 0.6) is 0 Å². The average Bonchev–Trinajstić information content (AvgIpc) is 3.18. The molecule has 8 heteroatoms. The van der Waals surface area contributed by atoms with Gasteiger partial charge in [0.2, 0.25) is 0 Å². The Morgan fingerprint density at radius 2 is 2.15 bits per heavy atom. The molecule has 138 valence electrons. The lowest BCUT2D eigenvalue weighted by molar-refractivity contribution is -0.132. The standard InChI is InChI=1S/C18H19ClN2O4S/c1-18(12-4-2-5-13(19)8-12)16(23)21(17(24)20-18)9-14(22)10-25-11-15-6-3-7-26-15/h2-8,14,22H,9-11H2,1H3,(H,20,24). The van der Waals surface area contributed by atoms with Gasteiger partial charge >= 0.3 is 6.03 Å². The zero-order chi connectivity index (χ0) is 18.7. The van der Waals surface area contributed by atoms with Gasteiger partial charge in [0.25, 0.3) is 5.91 Å². The molecule has 2 heterocycles. The van der Waals surface area contributed by atoms with Crippen LogP contribution in [0.2, 0.25) is 5.02 Å². The number of amides is 3. The Hall–Kier alpha value is -1.93. The molecule has 2 unspecified atom stereocenters. The molecule has 1 aromatic heterocycles. The molecule has 1 aliphatic rings. The van der Waals surface area contributed by atoms with Gasteiger partial charge in [-0.25, -0.2) is 4.79 Å². The van der Waals surface area contributed by atoms with E-state index in [0.29, 0.717) is 17.2 Å². The Labute approximate surface area is 160 Å². The Bertz CT molecular complexity index is 798. The molecule has 2 N–H and O–H groups in total. The third kappa shape index (κ3) is 3.91. The Morgan fingerprint density at radius 1 is 1.35 bits per heavy atom. The van der Waals surface area contributed by atoms with Crippen LogP contribution in [0, 0.1) is 0 Å². The molecule has 1 aromatic carbocycles. The van der Waals surface area contributed by atoms with E-state index < -0.39 is 23.6 Å². The zero-order valence-corrected chi connectivity index (χ0v) is 15.7. The van der Waals surface area contributed by atoms with Crippen LogP contribution < -0.4 is 5.32 Å². The number of nitrogens with zero attached hydrogens (tertiary/aromatic N) is 1. The van der Waals surface area contributed by atoms with Crippen molar-refractivity contribution in [2.45, 2.75) is 25.2 Å². The molecule has 0 saturated carbocycles. The summed E-state index contributed by atoms with van der Waals surface area (Å²) in [7, 11) is 0. The fourth-order valence-electron chi connectivity index (χ4n) is 2.81. The number of urea groups is 1. The van der Waals surface area contributed by atoms with Crippen LogP contribution >= 0.6 is 22.9 Å². The minimum absolute atomic E-state index is 0.0306. The molecule has 0 radical (unpaired) electrons. The first-order chi connectivity index (χ1) is 12.4. The molecule has 1 saturated heterocycles. The van der Waals surface area contributed by atoms with Crippen molar-refractivity contribution in [1.82, 2.24) is 10.2 Å². The topological polar surface area (TPSA) is 78.9 Å². The number of carbonyl (C=O) groups excluding carboxylic acids is 2. The molecule has 1 aliphatic heterocycles. The van der Waals surface area contributed by atoms with Crippen molar-refractivity contribution in [3.05, 3.63) is 57.2 Å². The monoisotopic (exact) mass is 394 g/mol. The highest BCUT2D eigenvalue weighted by molar-refractivity contribution is 7.09. The van der Waals surface area contributed by atoms with E-state index in [1.807, 2.05) is 17.5 Å². The van der Waals surface area contributed by atoms with E-state index in [2.05, 4.69) is 5.32 Å². The number of β-amino-alcohol motifs (C(OH)–C–C–N with tert-alkyl or cyclic N) is 1. The van der Waals surface area contributed by atoms with Crippen molar-refractivity contribution in [2.24, 2.45) is 0 Å². The van der Waals surface area contributed by atoms with E-state index in [-0.39, 0.29) is 13.2 Å². The predicted octanol–water partition coefficient (Wildman–Crippen LogP) is 2.75. The number of carbonyl (C=O) groups is 2. The van der Waals surface area contributed by atoms with Gasteiger partial charge in [-0.2, -0.15) is 0 Å². The van der Waals surface area contributed by atoms with Gasteiger partial charge in [-0.05, 0) is 36.1 Å². The second-order valence-electron chi connectivity index (χ2n) is 6.23.